The largest absolute Gasteiger partial charge is 2.00 e. The molecule has 0 spiro atoms. The molecule has 65 valence electrons. The van der Waals surface area contributed by atoms with Gasteiger partial charge in [-0.3, -0.25) is 0 Å². The van der Waals surface area contributed by atoms with Gasteiger partial charge in [-0.15, -0.1) is 0 Å². The minimum atomic E-state index is 0. The van der Waals surface area contributed by atoms with Crippen molar-refractivity contribution in [3.63, 3.8) is 0 Å². The van der Waals surface area contributed by atoms with Crippen LogP contribution in [0.25, 0.3) is 0 Å². The minimum Gasteiger partial charge on any atom is -0.412 e. The van der Waals surface area contributed by atoms with Gasteiger partial charge in [0.2, 0.25) is 0 Å². The van der Waals surface area contributed by atoms with Crippen molar-refractivity contribution in [2.45, 2.75) is 0 Å². The van der Waals surface area contributed by atoms with Gasteiger partial charge < -0.3 is 38.3 Å². The van der Waals surface area contributed by atoms with E-state index >= 15 is 0 Å². The molecule has 0 fully saturated rings. The Bertz CT molecular complexity index is 4.35. The van der Waals surface area contributed by atoms with Crippen LogP contribution in [0.3, 0.4) is 0 Å². The third kappa shape index (κ3) is 2990. The molecule has 0 atom stereocenters. The van der Waals surface area contributed by atoms with E-state index in [0.717, 1.165) is 0 Å². The first-order chi connectivity index (χ1) is 0. The molecule has 0 aromatic heterocycles. The van der Waals surface area contributed by atoms with Crippen molar-refractivity contribution in [2.24, 2.45) is 0 Å². The second kappa shape index (κ2) is 4910. The van der Waals surface area contributed by atoms with Gasteiger partial charge in [-0.05, 0) is 0 Å². The molecule has 0 saturated carbocycles. The molecule has 7 nitrogen and oxygen atoms in total. The van der Waals surface area contributed by atoms with Gasteiger partial charge in [-0.1, -0.05) is 0 Å². The monoisotopic (exact) mass is 189 g/mol. The van der Waals surface area contributed by atoms with Crippen molar-refractivity contribution >= 4 is 0 Å². The van der Waals surface area contributed by atoms with Crippen LogP contribution in [0.15, 0.2) is 0 Å². The van der Waals surface area contributed by atoms with Crippen molar-refractivity contribution in [3.8, 4) is 0 Å². The molecular weight excluding hydrogens is 176 g/mol. The van der Waals surface area contributed by atoms with Crippen LogP contribution in [0.2, 0.25) is 0 Å². The van der Waals surface area contributed by atoms with Crippen LogP contribution in [0.1, 0.15) is 0 Å². The van der Waals surface area contributed by atoms with E-state index in [1.807, 2.05) is 0 Å². The van der Waals surface area contributed by atoms with Gasteiger partial charge >= 0.3 is 17.1 Å². The molecule has 0 aliphatic rings. The first-order valence-corrected chi connectivity index (χ1v) is 0. The predicted molar refractivity (Wildman–Crippen MR) is 25.3 cm³/mol. The van der Waals surface area contributed by atoms with Gasteiger partial charge in [0, 0.05) is 0 Å². The van der Waals surface area contributed by atoms with Gasteiger partial charge in [0.15, 0.2) is 0 Å². The summed E-state index contributed by atoms with van der Waals surface area (Å²) < 4.78 is 0. The summed E-state index contributed by atoms with van der Waals surface area (Å²) in [7, 11) is 0. The van der Waals surface area contributed by atoms with Crippen LogP contribution >= 0.6 is 0 Å². The van der Waals surface area contributed by atoms with E-state index < -0.39 is 0 Å². The Labute approximate surface area is 56.3 Å². The van der Waals surface area contributed by atoms with E-state index in [-0.39, 0.29) is 55.4 Å². The van der Waals surface area contributed by atoms with Crippen molar-refractivity contribution in [3.05, 3.63) is 0 Å². The molecule has 14 N–H and O–H groups in total. The Kier molecular flexibility index (Phi) is 4630000. The van der Waals surface area contributed by atoms with E-state index in [1.165, 1.54) is 0 Å². The fraction of sp³-hybridized carbons (Fsp3) is 0. The first-order valence-electron chi connectivity index (χ1n) is 0. The third-order valence-corrected chi connectivity index (χ3v) is 0. The molecule has 0 aromatic rings. The van der Waals surface area contributed by atoms with Crippen LogP contribution in [0, 0.1) is 0 Å². The SMILES string of the molecule is O.O.O.O.O.O.O.[Cu+2]. The molecule has 0 bridgehead atoms. The Morgan fingerprint density at radius 2 is 0.250 bits per heavy atom. The number of hydrogen-bond donors (Lipinski definition) is 0. The smallest absolute Gasteiger partial charge is 0.412 e. The standard InChI is InChI=1S/Cu.7H2O/h;7*1H2/q+2;;;;;;;. The summed E-state index contributed by atoms with van der Waals surface area (Å²) in [5.74, 6) is 0. The van der Waals surface area contributed by atoms with Crippen molar-refractivity contribution < 1.29 is 55.4 Å². The van der Waals surface area contributed by atoms with Gasteiger partial charge in [-0.2, -0.15) is 0 Å². The van der Waals surface area contributed by atoms with Gasteiger partial charge in [0.1, 0.15) is 0 Å². The maximum atomic E-state index is 0. The van der Waals surface area contributed by atoms with Crippen LogP contribution < -0.4 is 0 Å². The van der Waals surface area contributed by atoms with E-state index in [1.54, 1.807) is 0 Å². The number of hydrogen-bond acceptors (Lipinski definition) is 0. The minimum absolute atomic E-state index is 0. The van der Waals surface area contributed by atoms with Crippen LogP contribution in [-0.2, 0) is 17.1 Å². The predicted octanol–water partition coefficient (Wildman–Crippen LogP) is -5.78. The quantitative estimate of drug-likeness (QED) is 0.325. The van der Waals surface area contributed by atoms with Crippen LogP contribution in [0.5, 0.6) is 0 Å². The molecule has 0 aliphatic carbocycles. The molecule has 8 heteroatoms. The molecule has 0 rings (SSSR count). The van der Waals surface area contributed by atoms with E-state index in [4.69, 9.17) is 0 Å². The summed E-state index contributed by atoms with van der Waals surface area (Å²) in [5.41, 5.74) is 0. The average molecular weight is 190 g/mol. The van der Waals surface area contributed by atoms with E-state index in [2.05, 4.69) is 0 Å². The summed E-state index contributed by atoms with van der Waals surface area (Å²) >= 11 is 0. The Morgan fingerprint density at radius 3 is 0.250 bits per heavy atom. The van der Waals surface area contributed by atoms with E-state index in [9.17, 15) is 0 Å². The zero-order valence-corrected chi connectivity index (χ0v) is 4.74. The van der Waals surface area contributed by atoms with Gasteiger partial charge in [0.25, 0.3) is 0 Å². The van der Waals surface area contributed by atoms with Gasteiger partial charge in [-0.25, -0.2) is 0 Å². The molecule has 0 aromatic carbocycles. The summed E-state index contributed by atoms with van der Waals surface area (Å²) in [6, 6.07) is 0. The van der Waals surface area contributed by atoms with Crippen LogP contribution in [-0.4, -0.2) is 38.3 Å². The molecule has 0 aliphatic heterocycles. The maximum absolute atomic E-state index is 0. The topological polar surface area (TPSA) is 220 Å². The third-order valence-electron chi connectivity index (χ3n) is 0. The molecule has 0 saturated heterocycles. The fourth-order valence-corrected chi connectivity index (χ4v) is 0. The zero-order chi connectivity index (χ0) is 0. The maximum Gasteiger partial charge on any atom is 2.00 e. The second-order valence-electron chi connectivity index (χ2n) is 0. The Hall–Kier alpha value is 0.239. The molecule has 0 amide bonds. The summed E-state index contributed by atoms with van der Waals surface area (Å²) in [6.45, 7) is 0. The summed E-state index contributed by atoms with van der Waals surface area (Å²) in [4.78, 5) is 0. The molecular formula is H14CuO7+2. The average Bonchev–Trinajstić information content (AvgIpc) is 0. The second-order valence-corrected chi connectivity index (χ2v) is 0. The normalized spacial score (nSPS) is 0. The van der Waals surface area contributed by atoms with Crippen LogP contribution in [0.4, 0.5) is 0 Å². The van der Waals surface area contributed by atoms with Crippen molar-refractivity contribution in [1.82, 2.24) is 0 Å². The zero-order valence-electron chi connectivity index (χ0n) is 3.80. The number of rotatable bonds is 0. The van der Waals surface area contributed by atoms with Crippen molar-refractivity contribution in [1.29, 1.82) is 0 Å². The van der Waals surface area contributed by atoms with E-state index in [0.29, 0.717) is 0 Å². The Balaban J connectivity index is 0. The molecule has 0 heterocycles. The molecule has 0 unspecified atom stereocenters. The Morgan fingerprint density at radius 1 is 0.250 bits per heavy atom. The summed E-state index contributed by atoms with van der Waals surface area (Å²) in [6.07, 6.45) is 0. The fourth-order valence-electron chi connectivity index (χ4n) is 0. The first kappa shape index (κ1) is 7530. The van der Waals surface area contributed by atoms with Gasteiger partial charge in [0.05, 0.1) is 0 Å². The molecule has 1 radical (unpaired) electrons. The summed E-state index contributed by atoms with van der Waals surface area (Å²) in [5, 5.41) is 0. The van der Waals surface area contributed by atoms with Crippen molar-refractivity contribution in [2.75, 3.05) is 0 Å². The molecule has 8 heavy (non-hydrogen) atoms.